The lowest BCUT2D eigenvalue weighted by molar-refractivity contribution is 1.02. The molecule has 0 aliphatic carbocycles. The van der Waals surface area contributed by atoms with Crippen LogP contribution in [-0.2, 0) is 0 Å². The van der Waals surface area contributed by atoms with Crippen molar-refractivity contribution in [3.63, 3.8) is 0 Å². The molecule has 0 unspecified atom stereocenters. The first-order valence-electron chi connectivity index (χ1n) is 3.10. The molecule has 1 heterocycles. The minimum absolute atomic E-state index is 0.0161. The topological polar surface area (TPSA) is 0 Å². The van der Waals surface area contributed by atoms with Crippen LogP contribution in [0.15, 0.2) is 0 Å². The van der Waals surface area contributed by atoms with Gasteiger partial charge in [0.1, 0.15) is 7.42 Å². The first-order chi connectivity index (χ1) is 3.79. The smallest absolute Gasteiger partial charge is 0.129 e. The number of halogens is 1. The molecule has 0 amide bonds. The molecule has 0 aromatic heterocycles. The lowest BCUT2D eigenvalue weighted by atomic mass is 10.6. The van der Waals surface area contributed by atoms with E-state index in [4.69, 9.17) is 0 Å². The highest BCUT2D eigenvalue weighted by molar-refractivity contribution is 9.24. The highest BCUT2D eigenvalue weighted by Crippen LogP contribution is 2.22. The van der Waals surface area contributed by atoms with Crippen LogP contribution >= 0.6 is 15.3 Å². The zero-order chi connectivity index (χ0) is 5.98. The molecule has 8 heavy (non-hydrogen) atoms. The van der Waals surface area contributed by atoms with E-state index in [1.165, 1.54) is 12.5 Å². The molecule has 46 valence electrons. The van der Waals surface area contributed by atoms with Gasteiger partial charge in [0.25, 0.3) is 0 Å². The van der Waals surface area contributed by atoms with Crippen LogP contribution in [0.5, 0.6) is 0 Å². The predicted molar refractivity (Wildman–Crippen MR) is 45.3 cm³/mol. The standard InChI is InChI=1S/C5H11BrSi2/c1-7-3-2-4-8(6)5-7/h2-5H2,1H3. The summed E-state index contributed by atoms with van der Waals surface area (Å²) in [4.78, 5) is 0. The molecule has 0 nitrogen and oxygen atoms in total. The van der Waals surface area contributed by atoms with E-state index in [1.54, 1.807) is 11.7 Å². The summed E-state index contributed by atoms with van der Waals surface area (Å²) < 4.78 is 0. The van der Waals surface area contributed by atoms with Gasteiger partial charge in [0, 0.05) is 8.80 Å². The molecule has 1 fully saturated rings. The van der Waals surface area contributed by atoms with Crippen molar-refractivity contribution in [2.24, 2.45) is 0 Å². The molecule has 1 aliphatic heterocycles. The molecule has 0 saturated carbocycles. The van der Waals surface area contributed by atoms with Crippen LogP contribution in [0.1, 0.15) is 6.42 Å². The van der Waals surface area contributed by atoms with E-state index in [-0.39, 0.29) is 16.2 Å². The van der Waals surface area contributed by atoms with Gasteiger partial charge in [-0.2, -0.15) is 0 Å². The summed E-state index contributed by atoms with van der Waals surface area (Å²) in [5.74, 6) is 0. The Morgan fingerprint density at radius 3 is 2.50 bits per heavy atom. The molecule has 1 saturated heterocycles. The normalized spacial score (nSPS) is 26.2. The molecule has 1 aliphatic rings. The highest BCUT2D eigenvalue weighted by Gasteiger charge is 2.18. The van der Waals surface area contributed by atoms with E-state index >= 15 is 0 Å². The molecule has 0 spiro atoms. The Morgan fingerprint density at radius 2 is 2.12 bits per heavy atom. The van der Waals surface area contributed by atoms with Gasteiger partial charge in [-0.05, 0) is 6.04 Å². The molecular weight excluding hydrogens is 196 g/mol. The van der Waals surface area contributed by atoms with Crippen molar-refractivity contribution in [2.45, 2.75) is 30.7 Å². The first kappa shape index (κ1) is 7.03. The van der Waals surface area contributed by atoms with Gasteiger partial charge in [-0.15, -0.1) is 15.3 Å². The van der Waals surface area contributed by atoms with Gasteiger partial charge >= 0.3 is 0 Å². The summed E-state index contributed by atoms with van der Waals surface area (Å²) in [6.07, 6.45) is 1.52. The third-order valence-electron chi connectivity index (χ3n) is 1.55. The fourth-order valence-corrected chi connectivity index (χ4v) is 12.0. The fraction of sp³-hybridized carbons (Fsp3) is 1.00. The molecular formula is C5H11BrSi2. The quantitative estimate of drug-likeness (QED) is 0.423. The summed E-state index contributed by atoms with van der Waals surface area (Å²) in [5, 5.41) is 0. The largest absolute Gasteiger partial charge is 0.132 e. The SMILES string of the molecule is C[Si]1CCC[Si](Br)C1. The monoisotopic (exact) mass is 206 g/mol. The molecule has 0 aromatic rings. The van der Waals surface area contributed by atoms with Crippen molar-refractivity contribution < 1.29 is 0 Å². The Kier molecular flexibility index (Phi) is 2.79. The van der Waals surface area contributed by atoms with E-state index in [1.807, 2.05) is 0 Å². The Hall–Kier alpha value is 0.914. The van der Waals surface area contributed by atoms with Gasteiger partial charge in [0.2, 0.25) is 0 Å². The van der Waals surface area contributed by atoms with E-state index in [9.17, 15) is 0 Å². The molecule has 0 N–H and O–H groups in total. The van der Waals surface area contributed by atoms with Crippen LogP contribution in [0.4, 0.5) is 0 Å². The maximum absolute atomic E-state index is 3.76. The average molecular weight is 207 g/mol. The lowest BCUT2D eigenvalue weighted by Crippen LogP contribution is -2.21. The third-order valence-corrected chi connectivity index (χ3v) is 11.3. The van der Waals surface area contributed by atoms with E-state index in [2.05, 4.69) is 21.8 Å². The molecule has 0 atom stereocenters. The molecule has 2 radical (unpaired) electrons. The minimum Gasteiger partial charge on any atom is -0.129 e. The summed E-state index contributed by atoms with van der Waals surface area (Å²) in [5.41, 5.74) is 1.59. The van der Waals surface area contributed by atoms with Gasteiger partial charge in [0.15, 0.2) is 0 Å². The first-order valence-corrected chi connectivity index (χ1v) is 9.69. The molecule has 0 bridgehead atoms. The molecule has 1 rings (SSSR count). The van der Waals surface area contributed by atoms with Crippen LogP contribution in [0, 0.1) is 0 Å². The summed E-state index contributed by atoms with van der Waals surface area (Å²) in [6, 6.07) is 3.09. The van der Waals surface area contributed by atoms with Crippen molar-refractivity contribution in [1.82, 2.24) is 0 Å². The van der Waals surface area contributed by atoms with Gasteiger partial charge in [0.05, 0.1) is 0 Å². The maximum Gasteiger partial charge on any atom is 0.132 e. The molecule has 0 aromatic carbocycles. The highest BCUT2D eigenvalue weighted by atomic mass is 79.9. The third kappa shape index (κ3) is 2.03. The summed E-state index contributed by atoms with van der Waals surface area (Å²) in [6.45, 7) is 2.47. The van der Waals surface area contributed by atoms with Crippen LogP contribution in [0.3, 0.4) is 0 Å². The Morgan fingerprint density at radius 1 is 1.38 bits per heavy atom. The van der Waals surface area contributed by atoms with Gasteiger partial charge < -0.3 is 0 Å². The second-order valence-electron chi connectivity index (χ2n) is 2.50. The summed E-state index contributed by atoms with van der Waals surface area (Å²) in [7, 11) is 0.173. The van der Waals surface area contributed by atoms with Crippen molar-refractivity contribution in [3.05, 3.63) is 0 Å². The fourth-order valence-electron chi connectivity index (χ4n) is 1.09. The zero-order valence-electron chi connectivity index (χ0n) is 5.21. The number of hydrogen-bond acceptors (Lipinski definition) is 0. The minimum atomic E-state index is 0.0161. The van der Waals surface area contributed by atoms with Crippen LogP contribution in [-0.4, -0.2) is 16.2 Å². The van der Waals surface area contributed by atoms with Gasteiger partial charge in [-0.25, -0.2) is 0 Å². The van der Waals surface area contributed by atoms with Gasteiger partial charge in [-0.3, -0.25) is 0 Å². The summed E-state index contributed by atoms with van der Waals surface area (Å²) >= 11 is 3.76. The van der Waals surface area contributed by atoms with E-state index < -0.39 is 0 Å². The van der Waals surface area contributed by atoms with Crippen molar-refractivity contribution in [2.75, 3.05) is 0 Å². The Balaban J connectivity index is 2.23. The molecule has 3 heteroatoms. The lowest BCUT2D eigenvalue weighted by Gasteiger charge is -2.18. The zero-order valence-corrected chi connectivity index (χ0v) is 8.79. The van der Waals surface area contributed by atoms with Crippen molar-refractivity contribution >= 4 is 31.5 Å². The number of hydrogen-bond donors (Lipinski definition) is 0. The maximum atomic E-state index is 3.76. The van der Waals surface area contributed by atoms with Crippen molar-refractivity contribution in [3.8, 4) is 0 Å². The Labute approximate surface area is 62.5 Å². The van der Waals surface area contributed by atoms with Crippen LogP contribution in [0.2, 0.25) is 24.3 Å². The van der Waals surface area contributed by atoms with Gasteiger partial charge in [-0.1, -0.05) is 24.7 Å². The van der Waals surface area contributed by atoms with Crippen molar-refractivity contribution in [1.29, 1.82) is 0 Å². The predicted octanol–water partition coefficient (Wildman–Crippen LogP) is 2.44. The number of rotatable bonds is 0. The average Bonchev–Trinajstić information content (AvgIpc) is 1.64. The second kappa shape index (κ2) is 3.18. The van der Waals surface area contributed by atoms with Crippen LogP contribution in [0.25, 0.3) is 0 Å². The second-order valence-corrected chi connectivity index (χ2v) is 11.2. The van der Waals surface area contributed by atoms with E-state index in [0.717, 1.165) is 0 Å². The van der Waals surface area contributed by atoms with Crippen LogP contribution < -0.4 is 0 Å². The Bertz CT molecular complexity index is 68.8. The van der Waals surface area contributed by atoms with E-state index in [0.29, 0.717) is 0 Å².